The summed E-state index contributed by atoms with van der Waals surface area (Å²) in [5.74, 6) is -2.19. The highest BCUT2D eigenvalue weighted by molar-refractivity contribution is 5.95. The molecule has 1 aromatic carbocycles. The molecule has 5 nitrogen and oxygen atoms in total. The Morgan fingerprint density at radius 1 is 0.821 bits per heavy atom. The van der Waals surface area contributed by atoms with E-state index in [0.29, 0.717) is 11.1 Å². The van der Waals surface area contributed by atoms with E-state index in [4.69, 9.17) is 5.11 Å². The van der Waals surface area contributed by atoms with Crippen LogP contribution in [-0.4, -0.2) is 27.3 Å². The Bertz CT molecular complexity index is 744. The average Bonchev–Trinajstić information content (AvgIpc) is 2.64. The second kappa shape index (κ2) is 12.0. The van der Waals surface area contributed by atoms with Gasteiger partial charge in [0.2, 0.25) is 0 Å². The molecule has 1 aromatic rings. The highest BCUT2D eigenvalue weighted by Gasteiger charge is 2.13. The minimum Gasteiger partial charge on any atom is -0.507 e. The number of carboxylic acids is 2. The van der Waals surface area contributed by atoms with Crippen molar-refractivity contribution in [2.75, 3.05) is 0 Å². The molecular formula is C23H32O5. The molecule has 0 unspecified atom stereocenters. The summed E-state index contributed by atoms with van der Waals surface area (Å²) in [4.78, 5) is 22.5. The molecule has 0 aromatic heterocycles. The third kappa shape index (κ3) is 7.59. The van der Waals surface area contributed by atoms with E-state index in [2.05, 4.69) is 6.92 Å². The van der Waals surface area contributed by atoms with Crippen LogP contribution in [0.4, 0.5) is 0 Å². The van der Waals surface area contributed by atoms with Crippen LogP contribution in [-0.2, 0) is 16.0 Å². The second-order valence-electron chi connectivity index (χ2n) is 7.21. The van der Waals surface area contributed by atoms with Crippen LogP contribution in [0.3, 0.4) is 0 Å². The lowest BCUT2D eigenvalue weighted by Crippen LogP contribution is -2.01. The Morgan fingerprint density at radius 2 is 1.32 bits per heavy atom. The van der Waals surface area contributed by atoms with Crippen LogP contribution in [0.1, 0.15) is 82.4 Å². The summed E-state index contributed by atoms with van der Waals surface area (Å²) in [5.41, 5.74) is 2.05. The molecule has 154 valence electrons. The van der Waals surface area contributed by atoms with Crippen LogP contribution in [0.2, 0.25) is 0 Å². The molecule has 3 N–H and O–H groups in total. The van der Waals surface area contributed by atoms with E-state index < -0.39 is 11.9 Å². The van der Waals surface area contributed by atoms with Crippen molar-refractivity contribution < 1.29 is 24.9 Å². The van der Waals surface area contributed by atoms with E-state index in [1.165, 1.54) is 58.1 Å². The topological polar surface area (TPSA) is 94.8 Å². The molecule has 0 spiro atoms. The Kier molecular flexibility index (Phi) is 10.1. The first-order valence-corrected chi connectivity index (χ1v) is 9.96. The summed E-state index contributed by atoms with van der Waals surface area (Å²) in [6, 6.07) is 3.34. The zero-order valence-corrected chi connectivity index (χ0v) is 17.1. The summed E-state index contributed by atoms with van der Waals surface area (Å²) in [6.07, 6.45) is 11.8. The van der Waals surface area contributed by atoms with Crippen LogP contribution in [0.15, 0.2) is 23.3 Å². The van der Waals surface area contributed by atoms with Crippen molar-refractivity contribution in [3.63, 3.8) is 0 Å². The number of aryl methyl sites for hydroxylation is 1. The molecule has 0 amide bonds. The quantitative estimate of drug-likeness (QED) is 0.317. The number of rotatable bonds is 12. The van der Waals surface area contributed by atoms with Gasteiger partial charge in [0.15, 0.2) is 0 Å². The monoisotopic (exact) mass is 388 g/mol. The molecule has 0 heterocycles. The number of carbonyl (C=O) groups is 2. The largest absolute Gasteiger partial charge is 0.507 e. The van der Waals surface area contributed by atoms with E-state index >= 15 is 0 Å². The third-order valence-corrected chi connectivity index (χ3v) is 4.80. The molecular weight excluding hydrogens is 356 g/mol. The highest BCUT2D eigenvalue weighted by Crippen LogP contribution is 2.30. The first-order valence-electron chi connectivity index (χ1n) is 9.96. The number of aliphatic carboxylic acids is 2. The van der Waals surface area contributed by atoms with Gasteiger partial charge in [0.25, 0.3) is 0 Å². The van der Waals surface area contributed by atoms with Crippen molar-refractivity contribution in [3.8, 4) is 5.75 Å². The van der Waals surface area contributed by atoms with Gasteiger partial charge in [-0.2, -0.15) is 0 Å². The van der Waals surface area contributed by atoms with E-state index in [-0.39, 0.29) is 16.9 Å². The number of phenolic OH excluding ortho intramolecular Hbond substituents is 1. The maximum Gasteiger partial charge on any atom is 0.331 e. The van der Waals surface area contributed by atoms with Gasteiger partial charge < -0.3 is 15.3 Å². The molecule has 0 radical (unpaired) electrons. The average molecular weight is 389 g/mol. The zero-order valence-electron chi connectivity index (χ0n) is 17.1. The number of phenols is 1. The van der Waals surface area contributed by atoms with E-state index in [1.54, 1.807) is 12.1 Å². The Hall–Kier alpha value is -2.56. The molecule has 28 heavy (non-hydrogen) atoms. The van der Waals surface area contributed by atoms with Crippen LogP contribution >= 0.6 is 0 Å². The number of hydrogen-bond donors (Lipinski definition) is 3. The Morgan fingerprint density at radius 3 is 1.86 bits per heavy atom. The predicted octanol–water partition coefficient (Wildman–Crippen LogP) is 5.66. The van der Waals surface area contributed by atoms with E-state index in [1.807, 2.05) is 0 Å². The number of benzene rings is 1. The van der Waals surface area contributed by atoms with Gasteiger partial charge >= 0.3 is 11.9 Å². The summed E-state index contributed by atoms with van der Waals surface area (Å²) in [5, 5.41) is 28.7. The number of unbranched alkanes of at least 4 members (excludes halogenated alkanes) is 6. The lowest BCUT2D eigenvalue weighted by atomic mass is 9.93. The first kappa shape index (κ1) is 23.5. The third-order valence-electron chi connectivity index (χ3n) is 4.80. The van der Waals surface area contributed by atoms with Gasteiger partial charge in [0.1, 0.15) is 5.75 Å². The number of aromatic hydroxyl groups is 1. The lowest BCUT2D eigenvalue weighted by Gasteiger charge is -2.13. The Balaban J connectivity index is 3.11. The van der Waals surface area contributed by atoms with Crippen molar-refractivity contribution in [3.05, 3.63) is 40.0 Å². The molecule has 0 aliphatic heterocycles. The highest BCUT2D eigenvalue weighted by atomic mass is 16.4. The molecule has 0 atom stereocenters. The maximum absolute atomic E-state index is 11.3. The van der Waals surface area contributed by atoms with Gasteiger partial charge in [-0.1, -0.05) is 51.5 Å². The summed E-state index contributed by atoms with van der Waals surface area (Å²) >= 11 is 0. The lowest BCUT2D eigenvalue weighted by molar-refractivity contribution is -0.133. The van der Waals surface area contributed by atoms with Crippen molar-refractivity contribution >= 4 is 24.1 Å². The molecule has 0 fully saturated rings. The van der Waals surface area contributed by atoms with Crippen LogP contribution in [0.25, 0.3) is 12.2 Å². The fourth-order valence-electron chi connectivity index (χ4n) is 3.04. The minimum atomic E-state index is -1.08. The molecule has 0 saturated carbocycles. The van der Waals surface area contributed by atoms with Crippen molar-refractivity contribution in [2.45, 2.75) is 72.1 Å². The zero-order chi connectivity index (χ0) is 21.1. The maximum atomic E-state index is 11.3. The molecule has 1 rings (SSSR count). The van der Waals surface area contributed by atoms with E-state index in [9.17, 15) is 19.8 Å². The summed E-state index contributed by atoms with van der Waals surface area (Å²) in [7, 11) is 0. The fourth-order valence-corrected chi connectivity index (χ4v) is 3.04. The van der Waals surface area contributed by atoms with Crippen LogP contribution in [0, 0.1) is 0 Å². The molecule has 0 bridgehead atoms. The van der Waals surface area contributed by atoms with Crippen molar-refractivity contribution in [1.29, 1.82) is 0 Å². The SMILES string of the molecule is CCCCCCCCCc1ccc(O)c(C=C(C)C(=O)O)c1C=C(C)C(=O)O. The van der Waals surface area contributed by atoms with Gasteiger partial charge in [0.05, 0.1) is 0 Å². The van der Waals surface area contributed by atoms with Crippen LogP contribution < -0.4 is 0 Å². The van der Waals surface area contributed by atoms with Crippen molar-refractivity contribution in [2.24, 2.45) is 0 Å². The van der Waals surface area contributed by atoms with Gasteiger partial charge in [-0.25, -0.2) is 9.59 Å². The smallest absolute Gasteiger partial charge is 0.331 e. The number of carboxylic acid groups (broad SMARTS) is 2. The van der Waals surface area contributed by atoms with Gasteiger partial charge in [-0.05, 0) is 56.0 Å². The molecule has 0 saturated heterocycles. The fraction of sp³-hybridized carbons (Fsp3) is 0.478. The Labute approximate surface area is 167 Å². The summed E-state index contributed by atoms with van der Waals surface area (Å²) < 4.78 is 0. The standard InChI is InChI=1S/C23H32O5/c1-4-5-6-7-8-9-10-11-18-12-13-21(24)20(15-17(3)23(27)28)19(18)14-16(2)22(25)26/h12-15,24H,4-11H2,1-3H3,(H,25,26)(H,27,28). The molecule has 5 heteroatoms. The first-order chi connectivity index (χ1) is 13.3. The number of hydrogen-bond acceptors (Lipinski definition) is 3. The summed E-state index contributed by atoms with van der Waals surface area (Å²) in [6.45, 7) is 5.13. The van der Waals surface area contributed by atoms with Crippen molar-refractivity contribution in [1.82, 2.24) is 0 Å². The normalized spacial score (nSPS) is 12.2. The van der Waals surface area contributed by atoms with Gasteiger partial charge in [-0.15, -0.1) is 0 Å². The molecule has 0 aliphatic rings. The molecule has 0 aliphatic carbocycles. The second-order valence-corrected chi connectivity index (χ2v) is 7.21. The van der Waals surface area contributed by atoms with Crippen LogP contribution in [0.5, 0.6) is 5.75 Å². The predicted molar refractivity (Wildman–Crippen MR) is 112 cm³/mol. The van der Waals surface area contributed by atoms with Gasteiger partial charge in [0, 0.05) is 16.7 Å². The van der Waals surface area contributed by atoms with Gasteiger partial charge in [-0.3, -0.25) is 0 Å². The minimum absolute atomic E-state index is 0.0617. The van der Waals surface area contributed by atoms with E-state index in [0.717, 1.165) is 24.8 Å².